The number of aromatic hydroxyl groups is 1. The molecular weight excluding hydrogens is 418 g/mol. The summed E-state index contributed by atoms with van der Waals surface area (Å²) in [5.41, 5.74) is 2.16. The van der Waals surface area contributed by atoms with Gasteiger partial charge in [0.15, 0.2) is 14.8 Å². The molecular formula is C17H18ClN7OS2. The first-order valence-corrected chi connectivity index (χ1v) is 10.2. The van der Waals surface area contributed by atoms with E-state index in [1.54, 1.807) is 36.0 Å². The van der Waals surface area contributed by atoms with Crippen LogP contribution < -0.4 is 10.2 Å². The fourth-order valence-corrected chi connectivity index (χ4v) is 5.27. The average Bonchev–Trinajstić information content (AvgIpc) is 3.45. The van der Waals surface area contributed by atoms with Crippen molar-refractivity contribution in [3.63, 3.8) is 0 Å². The Bertz CT molecular complexity index is 1060. The summed E-state index contributed by atoms with van der Waals surface area (Å²) in [5, 5.41) is 22.2. The predicted octanol–water partition coefficient (Wildman–Crippen LogP) is 3.13. The maximum atomic E-state index is 10.4. The summed E-state index contributed by atoms with van der Waals surface area (Å²) in [6, 6.07) is 2.16. The zero-order valence-electron chi connectivity index (χ0n) is 14.9. The van der Waals surface area contributed by atoms with Crippen LogP contribution in [0.25, 0.3) is 31.5 Å². The van der Waals surface area contributed by atoms with Gasteiger partial charge in [-0.3, -0.25) is 5.10 Å². The van der Waals surface area contributed by atoms with E-state index >= 15 is 0 Å². The fraction of sp³-hybridized carbons (Fsp3) is 0.294. The molecule has 1 aliphatic heterocycles. The third kappa shape index (κ3) is 3.32. The van der Waals surface area contributed by atoms with E-state index in [1.165, 1.54) is 11.3 Å². The van der Waals surface area contributed by atoms with Crippen LogP contribution in [-0.4, -0.2) is 56.4 Å². The van der Waals surface area contributed by atoms with Crippen LogP contribution in [0.5, 0.6) is 5.75 Å². The minimum absolute atomic E-state index is 0. The molecule has 0 unspecified atom stereocenters. The van der Waals surface area contributed by atoms with Crippen molar-refractivity contribution in [2.24, 2.45) is 0 Å². The molecule has 4 aromatic heterocycles. The molecule has 0 radical (unpaired) electrons. The number of likely N-dealkylation sites (N-methyl/N-ethyl adjacent to an activating group) is 1. The first-order valence-electron chi connectivity index (χ1n) is 8.58. The number of thiazole rings is 2. The van der Waals surface area contributed by atoms with E-state index in [2.05, 4.69) is 37.4 Å². The number of anilines is 1. The van der Waals surface area contributed by atoms with Crippen molar-refractivity contribution in [1.82, 2.24) is 30.5 Å². The third-order valence-corrected chi connectivity index (χ3v) is 6.88. The lowest BCUT2D eigenvalue weighted by Crippen LogP contribution is -2.33. The molecule has 0 bridgehead atoms. The smallest absolute Gasteiger partial charge is 0.188 e. The number of pyridine rings is 1. The van der Waals surface area contributed by atoms with E-state index in [-0.39, 0.29) is 18.2 Å². The number of fused-ring (bicyclic) bond motifs is 1. The highest BCUT2D eigenvalue weighted by atomic mass is 35.5. The van der Waals surface area contributed by atoms with Crippen LogP contribution in [0.2, 0.25) is 0 Å². The molecule has 0 saturated carbocycles. The minimum atomic E-state index is 0. The Balaban J connectivity index is 0.00000192. The first-order chi connectivity index (χ1) is 13.2. The summed E-state index contributed by atoms with van der Waals surface area (Å²) in [6.45, 7) is 2.04. The Labute approximate surface area is 175 Å². The van der Waals surface area contributed by atoms with Crippen LogP contribution in [-0.2, 0) is 0 Å². The monoisotopic (exact) mass is 435 g/mol. The van der Waals surface area contributed by atoms with Crippen LogP contribution >= 0.6 is 35.1 Å². The van der Waals surface area contributed by atoms with Crippen LogP contribution in [0, 0.1) is 0 Å². The summed E-state index contributed by atoms with van der Waals surface area (Å²) >= 11 is 3.03. The maximum Gasteiger partial charge on any atom is 0.188 e. The number of hydrogen-bond acceptors (Lipinski definition) is 9. The lowest BCUT2D eigenvalue weighted by Gasteiger charge is -2.22. The van der Waals surface area contributed by atoms with Crippen LogP contribution in [0.3, 0.4) is 0 Å². The van der Waals surface area contributed by atoms with E-state index in [0.717, 1.165) is 45.4 Å². The van der Waals surface area contributed by atoms with Gasteiger partial charge in [0.25, 0.3) is 0 Å². The van der Waals surface area contributed by atoms with Gasteiger partial charge in [0.1, 0.15) is 16.5 Å². The van der Waals surface area contributed by atoms with E-state index in [4.69, 9.17) is 4.98 Å². The molecule has 4 aromatic rings. The Hall–Kier alpha value is -2.27. The van der Waals surface area contributed by atoms with Crippen LogP contribution in [0.4, 0.5) is 5.13 Å². The molecule has 0 aromatic carbocycles. The van der Waals surface area contributed by atoms with Crippen molar-refractivity contribution >= 4 is 49.9 Å². The Morgan fingerprint density at radius 2 is 2.04 bits per heavy atom. The summed E-state index contributed by atoms with van der Waals surface area (Å²) in [5.74, 6) is 0.101. The number of nitrogens with one attached hydrogen (secondary N) is 2. The van der Waals surface area contributed by atoms with Gasteiger partial charge < -0.3 is 15.3 Å². The number of H-pyrrole nitrogens is 1. The molecule has 11 heteroatoms. The summed E-state index contributed by atoms with van der Waals surface area (Å²) < 4.78 is 0. The molecule has 146 valence electrons. The van der Waals surface area contributed by atoms with Crippen molar-refractivity contribution in [1.29, 1.82) is 0 Å². The molecule has 8 nitrogen and oxygen atoms in total. The number of aromatic amines is 1. The summed E-state index contributed by atoms with van der Waals surface area (Å²) in [6.07, 6.45) is 6.30. The maximum absolute atomic E-state index is 10.4. The molecule has 1 atom stereocenters. The number of halogens is 1. The predicted molar refractivity (Wildman–Crippen MR) is 115 cm³/mol. The topological polar surface area (TPSA) is 103 Å². The van der Waals surface area contributed by atoms with Gasteiger partial charge in [-0.25, -0.2) is 15.0 Å². The van der Waals surface area contributed by atoms with Crippen molar-refractivity contribution in [2.45, 2.75) is 12.5 Å². The highest BCUT2D eigenvalue weighted by Gasteiger charge is 2.23. The van der Waals surface area contributed by atoms with Gasteiger partial charge in [0, 0.05) is 43.2 Å². The Morgan fingerprint density at radius 3 is 2.71 bits per heavy atom. The largest absolute Gasteiger partial charge is 0.506 e. The van der Waals surface area contributed by atoms with Crippen molar-refractivity contribution in [2.75, 3.05) is 25.0 Å². The molecule has 0 amide bonds. The highest BCUT2D eigenvalue weighted by molar-refractivity contribution is 7.29. The molecule has 1 fully saturated rings. The number of nitrogens with zero attached hydrogens (tertiary/aromatic N) is 5. The minimum Gasteiger partial charge on any atom is -0.506 e. The SMILES string of the molecule is CN(c1nc2sc(-c3ncc(-c4cn[nH]c4)cc3O)nc2s1)[C@@H]1CCNC1.Cl. The van der Waals surface area contributed by atoms with Gasteiger partial charge in [0.05, 0.1) is 6.20 Å². The molecule has 3 N–H and O–H groups in total. The molecule has 1 saturated heterocycles. The van der Waals surface area contributed by atoms with E-state index in [1.807, 2.05) is 0 Å². The average molecular weight is 436 g/mol. The highest BCUT2D eigenvalue weighted by Crippen LogP contribution is 2.39. The molecule has 28 heavy (non-hydrogen) atoms. The van der Waals surface area contributed by atoms with Crippen molar-refractivity contribution in [3.05, 3.63) is 24.7 Å². The second-order valence-corrected chi connectivity index (χ2v) is 8.40. The van der Waals surface area contributed by atoms with E-state index < -0.39 is 0 Å². The number of rotatable bonds is 4. The second-order valence-electron chi connectivity index (χ2n) is 6.46. The van der Waals surface area contributed by atoms with Crippen molar-refractivity contribution in [3.8, 4) is 27.6 Å². The van der Waals surface area contributed by atoms with Gasteiger partial charge in [-0.05, 0) is 19.0 Å². The molecule has 1 aliphatic rings. The molecule has 5 rings (SSSR count). The number of aromatic nitrogens is 5. The molecule has 0 aliphatic carbocycles. The Morgan fingerprint density at radius 1 is 1.18 bits per heavy atom. The third-order valence-electron chi connectivity index (χ3n) is 4.75. The lowest BCUT2D eigenvalue weighted by molar-refractivity contribution is 0.475. The fourth-order valence-electron chi connectivity index (χ4n) is 3.19. The summed E-state index contributed by atoms with van der Waals surface area (Å²) in [7, 11) is 2.09. The van der Waals surface area contributed by atoms with E-state index in [0.29, 0.717) is 16.7 Å². The Kier molecular flexibility index (Phi) is 5.19. The standard InChI is InChI=1S/C17H17N7OS2.ClH/c1-24(11-2-3-18-8-11)17-23-16-15(27-17)22-14(26-16)13-12(25)4-9(5-19-13)10-6-20-21-7-10;/h4-7,11,18,25H,2-3,8H2,1H3,(H,20,21);1H/t11-;/m1./s1. The van der Waals surface area contributed by atoms with Gasteiger partial charge >= 0.3 is 0 Å². The first kappa shape index (κ1) is 19.1. The van der Waals surface area contributed by atoms with Gasteiger partial charge in [-0.15, -0.1) is 12.4 Å². The normalized spacial score (nSPS) is 16.4. The van der Waals surface area contributed by atoms with Gasteiger partial charge in [-0.1, -0.05) is 22.7 Å². The zero-order chi connectivity index (χ0) is 18.4. The van der Waals surface area contributed by atoms with E-state index in [9.17, 15) is 5.11 Å². The second kappa shape index (κ2) is 7.63. The van der Waals surface area contributed by atoms with Gasteiger partial charge in [-0.2, -0.15) is 5.10 Å². The van der Waals surface area contributed by atoms with Crippen LogP contribution in [0.15, 0.2) is 24.7 Å². The summed E-state index contributed by atoms with van der Waals surface area (Å²) in [4.78, 5) is 17.8. The molecule has 5 heterocycles. The number of hydrogen-bond donors (Lipinski definition) is 3. The molecule has 0 spiro atoms. The lowest BCUT2D eigenvalue weighted by atomic mass is 10.1. The quantitative estimate of drug-likeness (QED) is 0.452. The van der Waals surface area contributed by atoms with Crippen molar-refractivity contribution < 1.29 is 5.11 Å². The zero-order valence-corrected chi connectivity index (χ0v) is 17.4. The van der Waals surface area contributed by atoms with Crippen LogP contribution in [0.1, 0.15) is 6.42 Å². The van der Waals surface area contributed by atoms with Gasteiger partial charge in [0.2, 0.25) is 0 Å².